The van der Waals surface area contributed by atoms with Gasteiger partial charge in [0.25, 0.3) is 5.88 Å². The minimum Gasteiger partial charge on any atom is -0.476 e. The number of nitrogens with zero attached hydrogens (tertiary/aromatic N) is 2. The molecule has 0 N–H and O–H groups in total. The maximum absolute atomic E-state index is 5.50. The van der Waals surface area contributed by atoms with E-state index < -0.39 is 0 Å². The molecule has 94 valence electrons. The van der Waals surface area contributed by atoms with Crippen molar-refractivity contribution >= 4 is 0 Å². The van der Waals surface area contributed by atoms with Gasteiger partial charge in [0.15, 0.2) is 5.76 Å². The summed E-state index contributed by atoms with van der Waals surface area (Å²) >= 11 is 0. The number of rotatable bonds is 7. The summed E-state index contributed by atoms with van der Waals surface area (Å²) in [4.78, 5) is 2.31. The Labute approximate surface area is 102 Å². The van der Waals surface area contributed by atoms with Gasteiger partial charge in [-0.2, -0.15) is 0 Å². The second-order valence-corrected chi connectivity index (χ2v) is 4.34. The molecule has 0 aliphatic carbocycles. The van der Waals surface area contributed by atoms with Crippen molar-refractivity contribution in [1.29, 1.82) is 0 Å². The summed E-state index contributed by atoms with van der Waals surface area (Å²) in [5, 5.41) is 3.93. The largest absolute Gasteiger partial charge is 0.476 e. The third-order valence-corrected chi connectivity index (χ3v) is 3.05. The molecule has 4 nitrogen and oxygen atoms in total. The Morgan fingerprint density at radius 1 is 1.65 bits per heavy atom. The van der Waals surface area contributed by atoms with Crippen LogP contribution in [-0.2, 0) is 0 Å². The molecule has 1 aromatic rings. The van der Waals surface area contributed by atoms with Crippen LogP contribution in [0.25, 0.3) is 0 Å². The van der Waals surface area contributed by atoms with E-state index in [0.717, 1.165) is 31.7 Å². The number of hydrogen-bond donors (Lipinski definition) is 0. The van der Waals surface area contributed by atoms with Crippen LogP contribution in [0.5, 0.6) is 5.88 Å². The van der Waals surface area contributed by atoms with Crippen molar-refractivity contribution in [3.63, 3.8) is 0 Å². The Kier molecular flexibility index (Phi) is 4.20. The van der Waals surface area contributed by atoms with E-state index in [0.29, 0.717) is 12.5 Å². The zero-order valence-electron chi connectivity index (χ0n) is 10.4. The molecule has 1 fully saturated rings. The molecule has 4 heteroatoms. The van der Waals surface area contributed by atoms with Gasteiger partial charge in [-0.1, -0.05) is 19.4 Å². The van der Waals surface area contributed by atoms with E-state index >= 15 is 0 Å². The summed E-state index contributed by atoms with van der Waals surface area (Å²) in [6, 6.07) is 2.01. The molecular formula is C13H20N2O2. The van der Waals surface area contributed by atoms with Crippen LogP contribution in [-0.4, -0.2) is 29.8 Å². The highest BCUT2D eigenvalue weighted by molar-refractivity contribution is 5.18. The molecule has 0 unspecified atom stereocenters. The highest BCUT2D eigenvalue weighted by atomic mass is 16.5. The first kappa shape index (κ1) is 12.2. The van der Waals surface area contributed by atoms with Crippen LogP contribution in [0.2, 0.25) is 0 Å². The monoisotopic (exact) mass is 236 g/mol. The zero-order chi connectivity index (χ0) is 12.1. The molecule has 1 aliphatic heterocycles. The van der Waals surface area contributed by atoms with Gasteiger partial charge < -0.3 is 9.26 Å². The normalized spacial score (nSPS) is 17.5. The van der Waals surface area contributed by atoms with Gasteiger partial charge >= 0.3 is 0 Å². The topological polar surface area (TPSA) is 38.5 Å². The summed E-state index contributed by atoms with van der Waals surface area (Å²) < 4.78 is 10.8. The van der Waals surface area contributed by atoms with E-state index in [4.69, 9.17) is 9.26 Å². The van der Waals surface area contributed by atoms with Gasteiger partial charge in [0.2, 0.25) is 0 Å². The predicted molar refractivity (Wildman–Crippen MR) is 66.0 cm³/mol. The van der Waals surface area contributed by atoms with Crippen LogP contribution >= 0.6 is 0 Å². The fourth-order valence-corrected chi connectivity index (χ4v) is 1.86. The molecule has 17 heavy (non-hydrogen) atoms. The number of likely N-dealkylation sites (tertiary alicyclic amines) is 1. The predicted octanol–water partition coefficient (Wildman–Crippen LogP) is 2.79. The SMILES string of the molecule is C=C[C@@H](c1cc(OCCCC)no1)N1CCC1. The lowest BCUT2D eigenvalue weighted by molar-refractivity contribution is 0.125. The van der Waals surface area contributed by atoms with Gasteiger partial charge in [-0.15, -0.1) is 6.58 Å². The molecule has 0 spiro atoms. The molecule has 0 aromatic carbocycles. The molecule has 1 saturated heterocycles. The fraction of sp³-hybridized carbons (Fsp3) is 0.615. The second-order valence-electron chi connectivity index (χ2n) is 4.34. The van der Waals surface area contributed by atoms with Crippen LogP contribution in [0.15, 0.2) is 23.2 Å². The minimum atomic E-state index is 0.139. The fourth-order valence-electron chi connectivity index (χ4n) is 1.86. The molecule has 2 rings (SSSR count). The van der Waals surface area contributed by atoms with E-state index in [1.54, 1.807) is 0 Å². The smallest absolute Gasteiger partial charge is 0.254 e. The van der Waals surface area contributed by atoms with E-state index in [1.165, 1.54) is 6.42 Å². The first-order valence-electron chi connectivity index (χ1n) is 6.31. The average molecular weight is 236 g/mol. The standard InChI is InChI=1S/C13H20N2O2/c1-3-5-9-16-13-10-12(17-14-13)11(4-2)15-7-6-8-15/h4,10-11H,2-3,5-9H2,1H3/t11-/m0/s1. The van der Waals surface area contributed by atoms with Crippen LogP contribution in [0.3, 0.4) is 0 Å². The van der Waals surface area contributed by atoms with Gasteiger partial charge in [0, 0.05) is 19.2 Å². The quantitative estimate of drug-likeness (QED) is 0.539. The van der Waals surface area contributed by atoms with Crippen molar-refractivity contribution in [3.8, 4) is 5.88 Å². The highest BCUT2D eigenvalue weighted by Gasteiger charge is 2.26. The Hall–Kier alpha value is -1.29. The summed E-state index contributed by atoms with van der Waals surface area (Å²) in [6.45, 7) is 8.89. The van der Waals surface area contributed by atoms with Crippen molar-refractivity contribution in [2.45, 2.75) is 32.2 Å². The molecule has 1 aromatic heterocycles. The van der Waals surface area contributed by atoms with Gasteiger partial charge in [-0.05, 0) is 18.0 Å². The number of aromatic nitrogens is 1. The number of ether oxygens (including phenoxy) is 1. The minimum absolute atomic E-state index is 0.139. The summed E-state index contributed by atoms with van der Waals surface area (Å²) in [7, 11) is 0. The number of unbranched alkanes of at least 4 members (excludes halogenated alkanes) is 1. The van der Waals surface area contributed by atoms with E-state index in [-0.39, 0.29) is 6.04 Å². The lowest BCUT2D eigenvalue weighted by Crippen LogP contribution is -2.39. The van der Waals surface area contributed by atoms with E-state index in [2.05, 4.69) is 23.6 Å². The van der Waals surface area contributed by atoms with Crippen molar-refractivity contribution < 1.29 is 9.26 Å². The molecule has 0 radical (unpaired) electrons. The Bertz CT molecular complexity index is 358. The van der Waals surface area contributed by atoms with E-state index in [1.807, 2.05) is 12.1 Å². The van der Waals surface area contributed by atoms with Crippen LogP contribution < -0.4 is 4.74 Å². The lowest BCUT2D eigenvalue weighted by Gasteiger charge is -2.35. The Morgan fingerprint density at radius 2 is 2.47 bits per heavy atom. The molecule has 0 amide bonds. The zero-order valence-corrected chi connectivity index (χ0v) is 10.4. The van der Waals surface area contributed by atoms with E-state index in [9.17, 15) is 0 Å². The van der Waals surface area contributed by atoms with Gasteiger partial charge in [-0.25, -0.2) is 0 Å². The highest BCUT2D eigenvalue weighted by Crippen LogP contribution is 2.28. The van der Waals surface area contributed by atoms with Gasteiger partial charge in [0.05, 0.1) is 12.6 Å². The molecule has 0 bridgehead atoms. The first-order valence-corrected chi connectivity index (χ1v) is 6.31. The second kappa shape index (κ2) is 5.87. The maximum atomic E-state index is 5.50. The molecule has 1 aliphatic rings. The lowest BCUT2D eigenvalue weighted by atomic mass is 10.1. The third kappa shape index (κ3) is 2.88. The third-order valence-electron chi connectivity index (χ3n) is 3.05. The number of hydrogen-bond acceptors (Lipinski definition) is 4. The van der Waals surface area contributed by atoms with Crippen molar-refractivity contribution in [2.75, 3.05) is 19.7 Å². The molecular weight excluding hydrogens is 216 g/mol. The summed E-state index contributed by atoms with van der Waals surface area (Å²) in [5.74, 6) is 1.41. The van der Waals surface area contributed by atoms with Crippen molar-refractivity contribution in [3.05, 3.63) is 24.5 Å². The average Bonchev–Trinajstić information content (AvgIpc) is 2.72. The summed E-state index contributed by atoms with van der Waals surface area (Å²) in [5.41, 5.74) is 0. The van der Waals surface area contributed by atoms with Crippen LogP contribution in [0.1, 0.15) is 38.0 Å². The van der Waals surface area contributed by atoms with Gasteiger partial charge in [0.1, 0.15) is 0 Å². The molecule has 1 atom stereocenters. The van der Waals surface area contributed by atoms with Gasteiger partial charge in [-0.3, -0.25) is 4.90 Å². The van der Waals surface area contributed by atoms with Crippen LogP contribution in [0.4, 0.5) is 0 Å². The maximum Gasteiger partial charge on any atom is 0.254 e. The van der Waals surface area contributed by atoms with Crippen molar-refractivity contribution in [1.82, 2.24) is 10.1 Å². The van der Waals surface area contributed by atoms with Crippen molar-refractivity contribution in [2.24, 2.45) is 0 Å². The first-order chi connectivity index (χ1) is 8.35. The Balaban J connectivity index is 1.93. The molecule has 0 saturated carbocycles. The molecule has 2 heterocycles. The summed E-state index contributed by atoms with van der Waals surface area (Å²) in [6.07, 6.45) is 5.31. The Morgan fingerprint density at radius 3 is 3.06 bits per heavy atom. The van der Waals surface area contributed by atoms with Crippen LogP contribution in [0, 0.1) is 0 Å².